The topological polar surface area (TPSA) is 49.4 Å². The Morgan fingerprint density at radius 3 is 2.69 bits per heavy atom. The van der Waals surface area contributed by atoms with Crippen LogP contribution in [0.4, 0.5) is 0 Å². The maximum atomic E-state index is 11.9. The molecule has 6 heteroatoms. The Hall–Kier alpha value is -0.430. The first-order chi connectivity index (χ1) is 7.58. The van der Waals surface area contributed by atoms with Gasteiger partial charge < -0.3 is 4.90 Å². The largest absolute Gasteiger partial charge is 0.306 e. The SMILES string of the molecule is CN1CCC(NS(=O)(=O)c2cccs2)CC1. The van der Waals surface area contributed by atoms with Crippen LogP contribution in [0.1, 0.15) is 12.8 Å². The van der Waals surface area contributed by atoms with Crippen LogP contribution >= 0.6 is 11.3 Å². The minimum atomic E-state index is -3.28. The number of nitrogens with one attached hydrogen (secondary N) is 1. The lowest BCUT2D eigenvalue weighted by molar-refractivity contribution is 0.248. The third-order valence-corrected chi connectivity index (χ3v) is 5.72. The van der Waals surface area contributed by atoms with Gasteiger partial charge in [-0.15, -0.1) is 11.3 Å². The van der Waals surface area contributed by atoms with Crippen molar-refractivity contribution >= 4 is 21.4 Å². The molecule has 0 radical (unpaired) electrons. The lowest BCUT2D eigenvalue weighted by Crippen LogP contribution is -2.43. The van der Waals surface area contributed by atoms with E-state index in [-0.39, 0.29) is 6.04 Å². The number of rotatable bonds is 3. The molecule has 90 valence electrons. The first-order valence-corrected chi connectivity index (χ1v) is 7.68. The zero-order valence-corrected chi connectivity index (χ0v) is 10.9. The second kappa shape index (κ2) is 4.83. The molecule has 1 N–H and O–H groups in total. The summed E-state index contributed by atoms with van der Waals surface area (Å²) in [5.41, 5.74) is 0. The van der Waals surface area contributed by atoms with E-state index in [1.54, 1.807) is 17.5 Å². The molecule has 4 nitrogen and oxygen atoms in total. The molecule has 1 aliphatic heterocycles. The first-order valence-electron chi connectivity index (χ1n) is 5.32. The summed E-state index contributed by atoms with van der Waals surface area (Å²) in [5.74, 6) is 0. The number of hydrogen-bond acceptors (Lipinski definition) is 4. The molecule has 1 fully saturated rings. The minimum absolute atomic E-state index is 0.0864. The van der Waals surface area contributed by atoms with Gasteiger partial charge in [0.15, 0.2) is 0 Å². The molecule has 1 saturated heterocycles. The molecule has 1 aromatic heterocycles. The van der Waals surface area contributed by atoms with Gasteiger partial charge in [0.2, 0.25) is 10.0 Å². The van der Waals surface area contributed by atoms with Crippen molar-refractivity contribution in [3.63, 3.8) is 0 Å². The quantitative estimate of drug-likeness (QED) is 0.886. The van der Waals surface area contributed by atoms with E-state index in [0.29, 0.717) is 4.21 Å². The Labute approximate surface area is 100 Å². The van der Waals surface area contributed by atoms with Crippen molar-refractivity contribution in [3.8, 4) is 0 Å². The van der Waals surface area contributed by atoms with Gasteiger partial charge in [0.05, 0.1) is 0 Å². The van der Waals surface area contributed by atoms with E-state index in [1.807, 2.05) is 0 Å². The third-order valence-electron chi connectivity index (χ3n) is 2.80. The second-order valence-corrected chi connectivity index (χ2v) is 7.02. The van der Waals surface area contributed by atoms with E-state index < -0.39 is 10.0 Å². The van der Waals surface area contributed by atoms with Crippen LogP contribution in [-0.2, 0) is 10.0 Å². The summed E-state index contributed by atoms with van der Waals surface area (Å²) < 4.78 is 27.0. The summed E-state index contributed by atoms with van der Waals surface area (Å²) in [5, 5.41) is 1.78. The molecular formula is C10H16N2O2S2. The highest BCUT2D eigenvalue weighted by Crippen LogP contribution is 2.18. The Balaban J connectivity index is 2.00. The number of likely N-dealkylation sites (tertiary alicyclic amines) is 1. The highest BCUT2D eigenvalue weighted by molar-refractivity contribution is 7.91. The average Bonchev–Trinajstić information content (AvgIpc) is 2.75. The van der Waals surface area contributed by atoms with Gasteiger partial charge in [0.25, 0.3) is 0 Å². The Morgan fingerprint density at radius 2 is 2.12 bits per heavy atom. The van der Waals surface area contributed by atoms with E-state index in [2.05, 4.69) is 16.7 Å². The Bertz CT molecular complexity index is 420. The van der Waals surface area contributed by atoms with Crippen molar-refractivity contribution in [3.05, 3.63) is 17.5 Å². The molecule has 0 atom stereocenters. The van der Waals surface area contributed by atoms with Crippen LogP contribution in [0, 0.1) is 0 Å². The van der Waals surface area contributed by atoms with E-state index in [0.717, 1.165) is 25.9 Å². The van der Waals surface area contributed by atoms with E-state index in [9.17, 15) is 8.42 Å². The number of piperidine rings is 1. The van der Waals surface area contributed by atoms with Crippen LogP contribution in [-0.4, -0.2) is 39.5 Å². The first kappa shape index (κ1) is 12.0. The molecule has 1 aromatic rings. The van der Waals surface area contributed by atoms with Gasteiger partial charge in [-0.1, -0.05) is 6.07 Å². The summed E-state index contributed by atoms with van der Waals surface area (Å²) in [7, 11) is -1.22. The predicted octanol–water partition coefficient (Wildman–Crippen LogP) is 1.12. The van der Waals surface area contributed by atoms with Gasteiger partial charge in [0, 0.05) is 6.04 Å². The van der Waals surface area contributed by atoms with Crippen LogP contribution in [0.15, 0.2) is 21.7 Å². The zero-order valence-electron chi connectivity index (χ0n) is 9.22. The van der Waals surface area contributed by atoms with Crippen molar-refractivity contribution < 1.29 is 8.42 Å². The molecule has 0 aromatic carbocycles. The summed E-state index contributed by atoms with van der Waals surface area (Å²) in [4.78, 5) is 2.22. The fourth-order valence-electron chi connectivity index (χ4n) is 1.82. The highest BCUT2D eigenvalue weighted by atomic mass is 32.2. The maximum Gasteiger partial charge on any atom is 0.250 e. The predicted molar refractivity (Wildman–Crippen MR) is 65.2 cm³/mol. The molecule has 2 rings (SSSR count). The third kappa shape index (κ3) is 2.82. The van der Waals surface area contributed by atoms with Crippen molar-refractivity contribution in [1.29, 1.82) is 0 Å². The molecule has 16 heavy (non-hydrogen) atoms. The Kier molecular flexibility index (Phi) is 3.63. The number of nitrogens with zero attached hydrogens (tertiary/aromatic N) is 1. The molecule has 2 heterocycles. The molecule has 0 amide bonds. The lowest BCUT2D eigenvalue weighted by atomic mass is 10.1. The van der Waals surface area contributed by atoms with Gasteiger partial charge >= 0.3 is 0 Å². The standard InChI is InChI=1S/C10H16N2O2S2/c1-12-6-4-9(5-7-12)11-16(13,14)10-3-2-8-15-10/h2-3,8-9,11H,4-7H2,1H3. The Morgan fingerprint density at radius 1 is 1.44 bits per heavy atom. The molecule has 0 bridgehead atoms. The van der Waals surface area contributed by atoms with Gasteiger partial charge in [0.1, 0.15) is 4.21 Å². The molecule has 0 spiro atoms. The number of thiophene rings is 1. The summed E-state index contributed by atoms with van der Waals surface area (Å²) in [6, 6.07) is 3.49. The average molecular weight is 260 g/mol. The second-order valence-electron chi connectivity index (χ2n) is 4.13. The lowest BCUT2D eigenvalue weighted by Gasteiger charge is -2.29. The smallest absolute Gasteiger partial charge is 0.250 e. The van der Waals surface area contributed by atoms with Crippen molar-refractivity contribution in [2.45, 2.75) is 23.1 Å². The molecule has 0 unspecified atom stereocenters. The van der Waals surface area contributed by atoms with Crippen LogP contribution in [0.25, 0.3) is 0 Å². The van der Waals surface area contributed by atoms with Gasteiger partial charge in [-0.3, -0.25) is 0 Å². The summed E-state index contributed by atoms with van der Waals surface area (Å²) >= 11 is 1.26. The van der Waals surface area contributed by atoms with Crippen LogP contribution < -0.4 is 4.72 Å². The molecule has 1 aliphatic rings. The minimum Gasteiger partial charge on any atom is -0.306 e. The van der Waals surface area contributed by atoms with Crippen molar-refractivity contribution in [1.82, 2.24) is 9.62 Å². The fraction of sp³-hybridized carbons (Fsp3) is 0.600. The van der Waals surface area contributed by atoms with Crippen molar-refractivity contribution in [2.75, 3.05) is 20.1 Å². The number of hydrogen-bond donors (Lipinski definition) is 1. The van der Waals surface area contributed by atoms with Crippen LogP contribution in [0.2, 0.25) is 0 Å². The fourth-order valence-corrected chi connectivity index (χ4v) is 4.13. The summed E-state index contributed by atoms with van der Waals surface area (Å²) in [6.07, 6.45) is 1.78. The number of sulfonamides is 1. The van der Waals surface area contributed by atoms with E-state index >= 15 is 0 Å². The molecular weight excluding hydrogens is 244 g/mol. The monoisotopic (exact) mass is 260 g/mol. The van der Waals surface area contributed by atoms with Crippen LogP contribution in [0.3, 0.4) is 0 Å². The van der Waals surface area contributed by atoms with Crippen LogP contribution in [0.5, 0.6) is 0 Å². The normalized spacial score (nSPS) is 20.1. The van der Waals surface area contributed by atoms with Gasteiger partial charge in [-0.25, -0.2) is 13.1 Å². The van der Waals surface area contributed by atoms with E-state index in [1.165, 1.54) is 11.3 Å². The van der Waals surface area contributed by atoms with Gasteiger partial charge in [-0.05, 0) is 44.4 Å². The highest BCUT2D eigenvalue weighted by Gasteiger charge is 2.23. The van der Waals surface area contributed by atoms with Gasteiger partial charge in [-0.2, -0.15) is 0 Å². The zero-order chi connectivity index (χ0) is 11.6. The molecule has 0 aliphatic carbocycles. The van der Waals surface area contributed by atoms with Crippen molar-refractivity contribution in [2.24, 2.45) is 0 Å². The maximum absolute atomic E-state index is 11.9. The van der Waals surface area contributed by atoms with E-state index in [4.69, 9.17) is 0 Å². The summed E-state index contributed by atoms with van der Waals surface area (Å²) in [6.45, 7) is 1.91. The molecule has 0 saturated carbocycles.